The Morgan fingerprint density at radius 1 is 1.53 bits per heavy atom. The third-order valence-electron chi connectivity index (χ3n) is 1.87. The Labute approximate surface area is 104 Å². The highest BCUT2D eigenvalue weighted by molar-refractivity contribution is 8.13. The second-order valence-corrected chi connectivity index (χ2v) is 4.37. The molecule has 0 aromatic carbocycles. The van der Waals surface area contributed by atoms with Crippen LogP contribution in [0.4, 0.5) is 0 Å². The van der Waals surface area contributed by atoms with Crippen LogP contribution in [0.1, 0.15) is 23.0 Å². The maximum absolute atomic E-state index is 11.2. The Morgan fingerprint density at radius 2 is 2.29 bits per heavy atom. The molecule has 0 bridgehead atoms. The zero-order valence-electron chi connectivity index (χ0n) is 9.67. The number of esters is 1. The van der Waals surface area contributed by atoms with Crippen molar-refractivity contribution in [3.8, 4) is 0 Å². The van der Waals surface area contributed by atoms with E-state index in [1.165, 1.54) is 25.8 Å². The Hall–Kier alpha value is -1.62. The number of pyridine rings is 1. The van der Waals surface area contributed by atoms with E-state index >= 15 is 0 Å². The molecule has 0 amide bonds. The van der Waals surface area contributed by atoms with Gasteiger partial charge in [-0.25, -0.2) is 9.78 Å². The van der Waals surface area contributed by atoms with Gasteiger partial charge in [0.15, 0.2) is 5.12 Å². The first-order chi connectivity index (χ1) is 8.13. The lowest BCUT2D eigenvalue weighted by Crippen LogP contribution is -2.03. The summed E-state index contributed by atoms with van der Waals surface area (Å²) in [6.45, 7) is 1.53. The molecule has 0 fully saturated rings. The normalized spacial score (nSPS) is 10.5. The number of rotatable bonds is 4. The summed E-state index contributed by atoms with van der Waals surface area (Å²) < 4.78 is 4.57. The minimum Gasteiger partial charge on any atom is -0.464 e. The van der Waals surface area contributed by atoms with Crippen molar-refractivity contribution in [3.05, 3.63) is 35.7 Å². The first-order valence-electron chi connectivity index (χ1n) is 4.97. The summed E-state index contributed by atoms with van der Waals surface area (Å²) in [5.41, 5.74) is 1.12. The molecule has 0 atom stereocenters. The van der Waals surface area contributed by atoms with Crippen LogP contribution in [0.15, 0.2) is 24.4 Å². The molecule has 5 heteroatoms. The predicted molar refractivity (Wildman–Crippen MR) is 67.7 cm³/mol. The summed E-state index contributed by atoms with van der Waals surface area (Å²) in [7, 11) is 1.32. The van der Waals surface area contributed by atoms with E-state index in [-0.39, 0.29) is 10.8 Å². The van der Waals surface area contributed by atoms with Gasteiger partial charge in [-0.3, -0.25) is 4.79 Å². The molecule has 0 saturated carbocycles. The van der Waals surface area contributed by atoms with Crippen molar-refractivity contribution in [3.63, 3.8) is 0 Å². The Kier molecular flexibility index (Phi) is 5.42. The smallest absolute Gasteiger partial charge is 0.356 e. The largest absolute Gasteiger partial charge is 0.464 e. The fourth-order valence-electron chi connectivity index (χ4n) is 1.12. The number of carbonyl (C=O) groups excluding carboxylic acids is 2. The first kappa shape index (κ1) is 13.4. The highest BCUT2D eigenvalue weighted by Gasteiger charge is 2.05. The van der Waals surface area contributed by atoms with Crippen LogP contribution >= 0.6 is 11.8 Å². The topological polar surface area (TPSA) is 56.3 Å². The monoisotopic (exact) mass is 251 g/mol. The number of carbonyl (C=O) groups is 2. The third-order valence-corrected chi connectivity index (χ3v) is 2.64. The maximum Gasteiger partial charge on any atom is 0.356 e. The summed E-state index contributed by atoms with van der Waals surface area (Å²) in [6.07, 6.45) is 5.25. The molecule has 1 aromatic heterocycles. The Morgan fingerprint density at radius 3 is 2.94 bits per heavy atom. The zero-order chi connectivity index (χ0) is 12.7. The molecule has 1 aromatic rings. The number of thioether (sulfide) groups is 1. The lowest BCUT2D eigenvalue weighted by molar-refractivity contribution is -0.109. The second-order valence-electron chi connectivity index (χ2n) is 3.17. The van der Waals surface area contributed by atoms with Gasteiger partial charge in [-0.1, -0.05) is 23.9 Å². The van der Waals surface area contributed by atoms with Crippen LogP contribution in [0.25, 0.3) is 6.08 Å². The Balaban J connectivity index is 2.65. The fraction of sp³-hybridized carbons (Fsp3) is 0.250. The standard InChI is InChI=1S/C12H13NO3S/c1-9(14)17-7-3-4-10-5-6-13-11(8-10)12(15)16-2/h3-6,8H,7H2,1-2H3. The molecule has 17 heavy (non-hydrogen) atoms. The van der Waals surface area contributed by atoms with Crippen LogP contribution in [-0.2, 0) is 9.53 Å². The van der Waals surface area contributed by atoms with Crippen LogP contribution in [0.3, 0.4) is 0 Å². The highest BCUT2D eigenvalue weighted by Crippen LogP contribution is 2.07. The lowest BCUT2D eigenvalue weighted by Gasteiger charge is -1.99. The minimum absolute atomic E-state index is 0.0830. The minimum atomic E-state index is -0.460. The van der Waals surface area contributed by atoms with Crippen molar-refractivity contribution in [2.45, 2.75) is 6.92 Å². The first-order valence-corrected chi connectivity index (χ1v) is 5.96. The number of methoxy groups -OCH3 is 1. The number of nitrogens with zero attached hydrogens (tertiary/aromatic N) is 1. The number of hydrogen-bond donors (Lipinski definition) is 0. The average Bonchev–Trinajstić information content (AvgIpc) is 2.34. The van der Waals surface area contributed by atoms with Crippen LogP contribution in [-0.4, -0.2) is 28.9 Å². The summed E-state index contributed by atoms with van der Waals surface area (Å²) >= 11 is 1.23. The van der Waals surface area contributed by atoms with Crippen LogP contribution in [0.5, 0.6) is 0 Å². The van der Waals surface area contributed by atoms with Crippen molar-refractivity contribution in [2.75, 3.05) is 12.9 Å². The van der Waals surface area contributed by atoms with Gasteiger partial charge < -0.3 is 4.74 Å². The van der Waals surface area contributed by atoms with E-state index < -0.39 is 5.97 Å². The Bertz CT molecular complexity index is 443. The molecule has 0 saturated heterocycles. The van der Waals surface area contributed by atoms with Crippen molar-refractivity contribution in [1.82, 2.24) is 4.98 Å². The molecule has 90 valence electrons. The average molecular weight is 251 g/mol. The highest BCUT2D eigenvalue weighted by atomic mass is 32.2. The van der Waals surface area contributed by atoms with E-state index in [1.807, 2.05) is 12.2 Å². The van der Waals surface area contributed by atoms with Gasteiger partial charge in [0.1, 0.15) is 5.69 Å². The summed E-state index contributed by atoms with van der Waals surface area (Å²) in [4.78, 5) is 25.8. The molecule has 0 aliphatic rings. The molecule has 4 nitrogen and oxygen atoms in total. The molecule has 0 N–H and O–H groups in total. The molecule has 0 spiro atoms. The van der Waals surface area contributed by atoms with E-state index in [1.54, 1.807) is 18.3 Å². The quantitative estimate of drug-likeness (QED) is 0.767. The van der Waals surface area contributed by atoms with E-state index in [9.17, 15) is 9.59 Å². The van der Waals surface area contributed by atoms with Crippen LogP contribution < -0.4 is 0 Å². The van der Waals surface area contributed by atoms with E-state index in [4.69, 9.17) is 0 Å². The fourth-order valence-corrected chi connectivity index (χ4v) is 1.54. The van der Waals surface area contributed by atoms with E-state index in [0.29, 0.717) is 5.75 Å². The SMILES string of the molecule is COC(=O)c1cc(C=CCSC(C)=O)ccn1. The van der Waals surface area contributed by atoms with Gasteiger partial charge in [0.25, 0.3) is 0 Å². The van der Waals surface area contributed by atoms with Gasteiger partial charge in [-0.2, -0.15) is 0 Å². The zero-order valence-corrected chi connectivity index (χ0v) is 10.5. The molecular formula is C12H13NO3S. The van der Waals surface area contributed by atoms with E-state index in [0.717, 1.165) is 5.56 Å². The van der Waals surface area contributed by atoms with Gasteiger partial charge in [0, 0.05) is 18.9 Å². The number of ether oxygens (including phenoxy) is 1. The summed E-state index contributed by atoms with van der Waals surface area (Å²) in [5, 5.41) is 0.0830. The van der Waals surface area contributed by atoms with Gasteiger partial charge in [0.05, 0.1) is 7.11 Å². The van der Waals surface area contributed by atoms with Gasteiger partial charge >= 0.3 is 5.97 Å². The summed E-state index contributed by atoms with van der Waals surface area (Å²) in [5.74, 6) is 0.156. The summed E-state index contributed by atoms with van der Waals surface area (Å²) in [6, 6.07) is 3.42. The second kappa shape index (κ2) is 6.85. The maximum atomic E-state index is 11.2. The predicted octanol–water partition coefficient (Wildman–Crippen LogP) is 2.16. The van der Waals surface area contributed by atoms with Crippen LogP contribution in [0, 0.1) is 0 Å². The van der Waals surface area contributed by atoms with Crippen molar-refractivity contribution >= 4 is 28.9 Å². The molecule has 0 unspecified atom stereocenters. The lowest BCUT2D eigenvalue weighted by atomic mass is 10.2. The van der Waals surface area contributed by atoms with Gasteiger partial charge in [-0.15, -0.1) is 0 Å². The number of hydrogen-bond acceptors (Lipinski definition) is 5. The van der Waals surface area contributed by atoms with Gasteiger partial charge in [0.2, 0.25) is 0 Å². The molecule has 1 rings (SSSR count). The molecule has 0 radical (unpaired) electrons. The van der Waals surface area contributed by atoms with Crippen LogP contribution in [0.2, 0.25) is 0 Å². The van der Waals surface area contributed by atoms with Crippen molar-refractivity contribution < 1.29 is 14.3 Å². The number of aromatic nitrogens is 1. The van der Waals surface area contributed by atoms with Crippen molar-refractivity contribution in [1.29, 1.82) is 0 Å². The molecule has 0 aliphatic carbocycles. The van der Waals surface area contributed by atoms with Crippen molar-refractivity contribution in [2.24, 2.45) is 0 Å². The molecule has 1 heterocycles. The van der Waals surface area contributed by atoms with Gasteiger partial charge in [-0.05, 0) is 17.7 Å². The van der Waals surface area contributed by atoms with E-state index in [2.05, 4.69) is 9.72 Å². The molecule has 0 aliphatic heterocycles. The third kappa shape index (κ3) is 4.82. The molecular weight excluding hydrogens is 238 g/mol.